The molecule has 0 bridgehead atoms. The molecule has 0 aliphatic rings. The molecule has 1 atom stereocenters. The number of anilines is 1. The summed E-state index contributed by atoms with van der Waals surface area (Å²) in [6.07, 6.45) is 2.60. The molecular formula is C14H20ClN5OS. The van der Waals surface area contributed by atoms with Crippen LogP contribution < -0.4 is 5.32 Å². The minimum absolute atomic E-state index is 0.218. The van der Waals surface area contributed by atoms with Gasteiger partial charge >= 0.3 is 6.03 Å². The highest BCUT2D eigenvalue weighted by Gasteiger charge is 2.15. The van der Waals surface area contributed by atoms with Crippen LogP contribution >= 0.6 is 22.9 Å². The second-order valence-electron chi connectivity index (χ2n) is 5.23. The van der Waals surface area contributed by atoms with Crippen molar-refractivity contribution in [3.05, 3.63) is 28.2 Å². The van der Waals surface area contributed by atoms with Crippen molar-refractivity contribution in [2.75, 3.05) is 12.4 Å². The maximum absolute atomic E-state index is 12.2. The second kappa shape index (κ2) is 7.11. The van der Waals surface area contributed by atoms with Crippen LogP contribution in [0.3, 0.4) is 0 Å². The number of aromatic nitrogens is 3. The molecule has 120 valence electrons. The predicted molar refractivity (Wildman–Crippen MR) is 89.5 cm³/mol. The number of nitrogens with zero attached hydrogens (tertiary/aromatic N) is 4. The van der Waals surface area contributed by atoms with E-state index in [4.69, 9.17) is 11.6 Å². The number of carbonyl (C=O) groups excluding carboxylic acids is 1. The smallest absolute Gasteiger partial charge is 0.321 e. The fourth-order valence-corrected chi connectivity index (χ4v) is 2.79. The van der Waals surface area contributed by atoms with E-state index in [0.29, 0.717) is 22.7 Å². The molecule has 2 heterocycles. The zero-order chi connectivity index (χ0) is 16.3. The number of halogens is 1. The van der Waals surface area contributed by atoms with Crippen molar-refractivity contribution in [2.24, 2.45) is 7.05 Å². The van der Waals surface area contributed by atoms with Gasteiger partial charge in [-0.3, -0.25) is 5.32 Å². The fraction of sp³-hybridized carbons (Fsp3) is 0.500. The quantitative estimate of drug-likeness (QED) is 0.901. The van der Waals surface area contributed by atoms with E-state index in [9.17, 15) is 4.79 Å². The van der Waals surface area contributed by atoms with Crippen LogP contribution in [0, 0.1) is 0 Å². The lowest BCUT2D eigenvalue weighted by Crippen LogP contribution is -2.31. The topological polar surface area (TPSA) is 63.1 Å². The van der Waals surface area contributed by atoms with Crippen LogP contribution in [-0.2, 0) is 13.6 Å². The number of hydrogen-bond donors (Lipinski definition) is 1. The summed E-state index contributed by atoms with van der Waals surface area (Å²) in [4.78, 5) is 22.4. The molecule has 0 aromatic carbocycles. The Balaban J connectivity index is 1.96. The molecule has 8 heteroatoms. The molecule has 2 aromatic rings. The van der Waals surface area contributed by atoms with Gasteiger partial charge < -0.3 is 9.47 Å². The number of thiazole rings is 1. The average molecular weight is 342 g/mol. The third-order valence-corrected chi connectivity index (χ3v) is 4.73. The Labute approximate surface area is 139 Å². The molecule has 1 unspecified atom stereocenters. The normalized spacial score (nSPS) is 12.2. The van der Waals surface area contributed by atoms with Crippen molar-refractivity contribution in [3.8, 4) is 0 Å². The van der Waals surface area contributed by atoms with Gasteiger partial charge in [-0.1, -0.05) is 25.4 Å². The summed E-state index contributed by atoms with van der Waals surface area (Å²) in [5, 5.41) is 5.96. The van der Waals surface area contributed by atoms with Gasteiger partial charge in [0.05, 0.1) is 18.4 Å². The Morgan fingerprint density at radius 1 is 1.59 bits per heavy atom. The lowest BCUT2D eigenvalue weighted by Gasteiger charge is -2.16. The van der Waals surface area contributed by atoms with Gasteiger partial charge in [0.15, 0.2) is 5.13 Å². The summed E-state index contributed by atoms with van der Waals surface area (Å²) in [7, 11) is 3.52. The molecule has 0 saturated heterocycles. The zero-order valence-electron chi connectivity index (χ0n) is 13.1. The van der Waals surface area contributed by atoms with E-state index in [1.165, 1.54) is 11.3 Å². The molecule has 22 heavy (non-hydrogen) atoms. The first kappa shape index (κ1) is 16.8. The summed E-state index contributed by atoms with van der Waals surface area (Å²) in [6.45, 7) is 4.62. The third-order valence-electron chi connectivity index (χ3n) is 3.61. The van der Waals surface area contributed by atoms with Crippen LogP contribution in [0.4, 0.5) is 9.93 Å². The van der Waals surface area contributed by atoms with Crippen molar-refractivity contribution in [1.82, 2.24) is 19.4 Å². The molecular weight excluding hydrogens is 322 g/mol. The van der Waals surface area contributed by atoms with Crippen LogP contribution in [0.1, 0.15) is 37.7 Å². The van der Waals surface area contributed by atoms with Gasteiger partial charge in [-0.2, -0.15) is 0 Å². The lowest BCUT2D eigenvalue weighted by molar-refractivity contribution is 0.219. The number of carbonyl (C=O) groups is 1. The average Bonchev–Trinajstić information content (AvgIpc) is 3.08. The molecule has 0 fully saturated rings. The van der Waals surface area contributed by atoms with E-state index in [1.54, 1.807) is 22.7 Å². The van der Waals surface area contributed by atoms with E-state index < -0.39 is 0 Å². The molecule has 0 aliphatic heterocycles. The molecule has 1 N–H and O–H groups in total. The molecule has 0 aliphatic carbocycles. The first-order valence-electron chi connectivity index (χ1n) is 7.06. The lowest BCUT2D eigenvalue weighted by atomic mass is 10.1. The molecule has 0 radical (unpaired) electrons. The Morgan fingerprint density at radius 2 is 2.32 bits per heavy atom. The number of hydrogen-bond acceptors (Lipinski definition) is 4. The molecule has 2 aromatic heterocycles. The highest BCUT2D eigenvalue weighted by Crippen LogP contribution is 2.24. The number of nitrogens with one attached hydrogen (secondary N) is 1. The Kier molecular flexibility index (Phi) is 5.42. The van der Waals surface area contributed by atoms with Crippen molar-refractivity contribution in [3.63, 3.8) is 0 Å². The van der Waals surface area contributed by atoms with E-state index in [2.05, 4.69) is 29.1 Å². The largest absolute Gasteiger partial charge is 0.323 e. The van der Waals surface area contributed by atoms with Crippen LogP contribution in [0.15, 0.2) is 11.6 Å². The van der Waals surface area contributed by atoms with Gasteiger partial charge in [-0.05, 0) is 12.3 Å². The van der Waals surface area contributed by atoms with Crippen molar-refractivity contribution in [1.29, 1.82) is 0 Å². The van der Waals surface area contributed by atoms with E-state index in [1.807, 2.05) is 12.4 Å². The maximum atomic E-state index is 12.2. The van der Waals surface area contributed by atoms with Crippen LogP contribution in [0.2, 0.25) is 5.15 Å². The Morgan fingerprint density at radius 3 is 2.91 bits per heavy atom. The predicted octanol–water partition coefficient (Wildman–Crippen LogP) is 3.71. The first-order valence-corrected chi connectivity index (χ1v) is 8.31. The summed E-state index contributed by atoms with van der Waals surface area (Å²) >= 11 is 7.38. The van der Waals surface area contributed by atoms with Crippen LogP contribution in [-0.4, -0.2) is 32.5 Å². The van der Waals surface area contributed by atoms with Gasteiger partial charge in [0.1, 0.15) is 11.0 Å². The highest BCUT2D eigenvalue weighted by atomic mass is 35.5. The van der Waals surface area contributed by atoms with Gasteiger partial charge in [0.25, 0.3) is 0 Å². The van der Waals surface area contributed by atoms with Crippen LogP contribution in [0.25, 0.3) is 0 Å². The SMILES string of the molecule is CCC(C)c1csc(NC(=O)N(C)Cc2ncc(Cl)n2C)n1. The van der Waals surface area contributed by atoms with Crippen LogP contribution in [0.5, 0.6) is 0 Å². The maximum Gasteiger partial charge on any atom is 0.323 e. The first-order chi connectivity index (χ1) is 10.4. The summed E-state index contributed by atoms with van der Waals surface area (Å²) in [6, 6.07) is -0.218. The Hall–Kier alpha value is -1.60. The number of imidazole rings is 1. The van der Waals surface area contributed by atoms with Crippen molar-refractivity contribution < 1.29 is 4.79 Å². The van der Waals surface area contributed by atoms with E-state index in [0.717, 1.165) is 17.9 Å². The van der Waals surface area contributed by atoms with Gasteiger partial charge in [0, 0.05) is 19.5 Å². The number of urea groups is 1. The summed E-state index contributed by atoms with van der Waals surface area (Å²) in [5.74, 6) is 1.12. The van der Waals surface area contributed by atoms with Gasteiger partial charge in [0.2, 0.25) is 0 Å². The van der Waals surface area contributed by atoms with Crippen molar-refractivity contribution in [2.45, 2.75) is 32.7 Å². The summed E-state index contributed by atoms with van der Waals surface area (Å²) in [5.41, 5.74) is 1.02. The van der Waals surface area contributed by atoms with Crippen molar-refractivity contribution >= 4 is 34.1 Å². The minimum Gasteiger partial charge on any atom is -0.321 e. The summed E-state index contributed by atoms with van der Waals surface area (Å²) < 4.78 is 1.75. The minimum atomic E-state index is -0.218. The second-order valence-corrected chi connectivity index (χ2v) is 6.47. The van der Waals surface area contributed by atoms with E-state index in [-0.39, 0.29) is 6.03 Å². The monoisotopic (exact) mass is 341 g/mol. The molecule has 0 spiro atoms. The zero-order valence-corrected chi connectivity index (χ0v) is 14.7. The molecule has 0 saturated carbocycles. The van der Waals surface area contributed by atoms with Gasteiger partial charge in [-0.25, -0.2) is 14.8 Å². The van der Waals surface area contributed by atoms with E-state index >= 15 is 0 Å². The molecule has 6 nitrogen and oxygen atoms in total. The third kappa shape index (κ3) is 3.78. The highest BCUT2D eigenvalue weighted by molar-refractivity contribution is 7.13. The van der Waals surface area contributed by atoms with Gasteiger partial charge in [-0.15, -0.1) is 11.3 Å². The Bertz CT molecular complexity index is 653. The molecule has 2 rings (SSSR count). The number of amides is 2. The fourth-order valence-electron chi connectivity index (χ4n) is 1.82. The molecule has 2 amide bonds. The number of rotatable bonds is 5. The standard InChI is InChI=1S/C14H20ClN5OS/c1-5-9(2)10-8-22-13(17-10)18-14(21)19(3)7-12-16-6-11(15)20(12)4/h6,8-9H,5,7H2,1-4H3,(H,17,18,21).